The third-order valence-corrected chi connectivity index (χ3v) is 8.05. The first-order valence-electron chi connectivity index (χ1n) is 14.5. The van der Waals surface area contributed by atoms with Crippen molar-refractivity contribution in [2.24, 2.45) is 5.92 Å². The van der Waals surface area contributed by atoms with Crippen LogP contribution in [0.1, 0.15) is 30.9 Å². The molecule has 0 bridgehead atoms. The van der Waals surface area contributed by atoms with Crippen LogP contribution in [0.3, 0.4) is 0 Å². The molecule has 2 N–H and O–H groups in total. The van der Waals surface area contributed by atoms with Gasteiger partial charge in [-0.2, -0.15) is 0 Å². The number of rotatable bonds is 10. The highest BCUT2D eigenvalue weighted by atomic mass is 19.1. The van der Waals surface area contributed by atoms with Crippen LogP contribution >= 0.6 is 0 Å². The molecule has 3 heterocycles. The molecule has 3 fully saturated rings. The Kier molecular flexibility index (Phi) is 8.39. The second-order valence-electron chi connectivity index (χ2n) is 11.0. The van der Waals surface area contributed by atoms with Crippen molar-refractivity contribution in [2.45, 2.75) is 25.3 Å². The van der Waals surface area contributed by atoms with Crippen molar-refractivity contribution < 1.29 is 23.1 Å². The van der Waals surface area contributed by atoms with Crippen molar-refractivity contribution in [3.63, 3.8) is 0 Å². The Balaban J connectivity index is 1.25. The van der Waals surface area contributed by atoms with E-state index in [0.29, 0.717) is 47.4 Å². The van der Waals surface area contributed by atoms with E-state index in [4.69, 9.17) is 9.57 Å². The summed E-state index contributed by atoms with van der Waals surface area (Å²) in [6, 6.07) is 8.44. The van der Waals surface area contributed by atoms with Crippen LogP contribution in [0, 0.1) is 17.6 Å². The third-order valence-electron chi connectivity index (χ3n) is 8.05. The van der Waals surface area contributed by atoms with Crippen LogP contribution in [0.2, 0.25) is 0 Å². The summed E-state index contributed by atoms with van der Waals surface area (Å²) in [5.41, 5.74) is 2.38. The van der Waals surface area contributed by atoms with Gasteiger partial charge in [0.25, 0.3) is 0 Å². The van der Waals surface area contributed by atoms with Crippen molar-refractivity contribution in [2.75, 3.05) is 67.0 Å². The number of hydrogen-bond donors (Lipinski definition) is 2. The second kappa shape index (κ2) is 12.5. The van der Waals surface area contributed by atoms with Crippen molar-refractivity contribution in [1.82, 2.24) is 14.9 Å². The van der Waals surface area contributed by atoms with Crippen LogP contribution in [-0.4, -0.2) is 67.2 Å². The molecular weight excluding hydrogens is 556 g/mol. The normalized spacial score (nSPS) is 18.9. The van der Waals surface area contributed by atoms with E-state index in [1.165, 1.54) is 42.4 Å². The first-order valence-corrected chi connectivity index (χ1v) is 14.5. The van der Waals surface area contributed by atoms with Gasteiger partial charge in [-0.25, -0.2) is 23.8 Å². The standard InChI is InChI=1S/C31H35F2N7O3/c1-3-31(41)37-24-15-25(28(42-2)16-27(24)39-11-9-38(10-12-39)18-20-4-5-20)36-29-17-30(35-19-34-29)40-26(8-13-43-40)22-7-6-21(32)14-23(22)33/h3,6-7,14-17,19-20,26H,1,4-5,8-13,18H2,2H3,(H,37,41)(H,34,35,36)/t26-/m1/s1. The number of aromatic nitrogens is 2. The molecule has 43 heavy (non-hydrogen) atoms. The highest BCUT2D eigenvalue weighted by Crippen LogP contribution is 2.40. The Bertz CT molecular complexity index is 1490. The number of benzene rings is 2. The number of anilines is 5. The summed E-state index contributed by atoms with van der Waals surface area (Å²) < 4.78 is 33.9. The lowest BCUT2D eigenvalue weighted by molar-refractivity contribution is -0.111. The number of carbonyl (C=O) groups is 1. The van der Waals surface area contributed by atoms with Gasteiger partial charge in [0.1, 0.15) is 29.5 Å². The van der Waals surface area contributed by atoms with Gasteiger partial charge in [-0.15, -0.1) is 0 Å². The van der Waals surface area contributed by atoms with E-state index in [0.717, 1.165) is 50.4 Å². The quantitative estimate of drug-likeness (QED) is 0.314. The molecule has 0 unspecified atom stereocenters. The number of halogens is 2. The lowest BCUT2D eigenvalue weighted by Crippen LogP contribution is -2.47. The Labute approximate surface area is 249 Å². The summed E-state index contributed by atoms with van der Waals surface area (Å²) in [5.74, 6) is 0.642. The van der Waals surface area contributed by atoms with E-state index in [1.807, 2.05) is 12.1 Å². The fourth-order valence-corrected chi connectivity index (χ4v) is 5.64. The maximum Gasteiger partial charge on any atom is 0.247 e. The molecule has 1 saturated carbocycles. The predicted octanol–water partition coefficient (Wildman–Crippen LogP) is 5.05. The summed E-state index contributed by atoms with van der Waals surface area (Å²) >= 11 is 0. The minimum Gasteiger partial charge on any atom is -0.494 e. The monoisotopic (exact) mass is 591 g/mol. The Morgan fingerprint density at radius 2 is 1.91 bits per heavy atom. The molecule has 226 valence electrons. The van der Waals surface area contributed by atoms with Crippen LogP contribution in [0.4, 0.5) is 37.5 Å². The van der Waals surface area contributed by atoms with Crippen LogP contribution in [-0.2, 0) is 9.63 Å². The van der Waals surface area contributed by atoms with E-state index in [-0.39, 0.29) is 5.91 Å². The molecule has 1 atom stereocenters. The Morgan fingerprint density at radius 1 is 1.09 bits per heavy atom. The van der Waals surface area contributed by atoms with Gasteiger partial charge in [0.2, 0.25) is 5.91 Å². The van der Waals surface area contributed by atoms with E-state index >= 15 is 0 Å². The van der Waals surface area contributed by atoms with Crippen molar-refractivity contribution in [1.29, 1.82) is 0 Å². The Hall–Kier alpha value is -4.29. The van der Waals surface area contributed by atoms with Gasteiger partial charge in [0, 0.05) is 62.9 Å². The molecule has 0 radical (unpaired) electrons. The molecule has 3 aliphatic rings. The first kappa shape index (κ1) is 28.8. The first-order chi connectivity index (χ1) is 20.9. The van der Waals surface area contributed by atoms with Crippen LogP contribution in [0.15, 0.2) is 55.4 Å². The molecule has 2 saturated heterocycles. The van der Waals surface area contributed by atoms with E-state index in [2.05, 4.69) is 37.0 Å². The van der Waals surface area contributed by atoms with Gasteiger partial charge in [0.05, 0.1) is 36.8 Å². The zero-order chi connectivity index (χ0) is 29.9. The topological polar surface area (TPSA) is 95.1 Å². The maximum absolute atomic E-state index is 14.6. The molecular formula is C31H35F2N7O3. The van der Waals surface area contributed by atoms with Gasteiger partial charge in [-0.3, -0.25) is 14.5 Å². The fraction of sp³-hybridized carbons (Fsp3) is 0.387. The second-order valence-corrected chi connectivity index (χ2v) is 11.0. The number of methoxy groups -OCH3 is 1. The number of carbonyl (C=O) groups excluding carboxylic acids is 1. The summed E-state index contributed by atoms with van der Waals surface area (Å²) in [6.07, 6.45) is 5.78. The van der Waals surface area contributed by atoms with Crippen LogP contribution < -0.4 is 25.3 Å². The van der Waals surface area contributed by atoms with Gasteiger partial charge in [0.15, 0.2) is 5.82 Å². The van der Waals surface area contributed by atoms with E-state index in [1.54, 1.807) is 13.2 Å². The molecule has 0 spiro atoms. The molecule has 3 aromatic rings. The van der Waals surface area contributed by atoms with E-state index in [9.17, 15) is 13.6 Å². The molecule has 10 nitrogen and oxygen atoms in total. The molecule has 2 aliphatic heterocycles. The van der Waals surface area contributed by atoms with Gasteiger partial charge in [-0.1, -0.05) is 12.6 Å². The summed E-state index contributed by atoms with van der Waals surface area (Å²) in [6.45, 7) is 8.69. The molecule has 1 aliphatic carbocycles. The summed E-state index contributed by atoms with van der Waals surface area (Å²) in [4.78, 5) is 31.7. The zero-order valence-electron chi connectivity index (χ0n) is 24.1. The maximum atomic E-state index is 14.6. The van der Waals surface area contributed by atoms with Crippen molar-refractivity contribution in [3.05, 3.63) is 72.6 Å². The molecule has 6 rings (SSSR count). The van der Waals surface area contributed by atoms with Crippen molar-refractivity contribution in [3.8, 4) is 5.75 Å². The average Bonchev–Trinajstić information content (AvgIpc) is 3.69. The van der Waals surface area contributed by atoms with Crippen molar-refractivity contribution >= 4 is 34.6 Å². The number of hydrogen-bond acceptors (Lipinski definition) is 9. The Morgan fingerprint density at radius 3 is 2.63 bits per heavy atom. The number of hydroxylamine groups is 1. The average molecular weight is 592 g/mol. The highest BCUT2D eigenvalue weighted by molar-refractivity contribution is 6.02. The lowest BCUT2D eigenvalue weighted by atomic mass is 10.0. The van der Waals surface area contributed by atoms with Crippen LogP contribution in [0.5, 0.6) is 5.75 Å². The zero-order valence-corrected chi connectivity index (χ0v) is 24.1. The fourth-order valence-electron chi connectivity index (χ4n) is 5.64. The number of nitrogens with zero attached hydrogens (tertiary/aromatic N) is 5. The smallest absolute Gasteiger partial charge is 0.247 e. The molecule has 2 aromatic carbocycles. The SMILES string of the molecule is C=CC(=O)Nc1cc(Nc2cc(N3OCC[C@@H]3c3ccc(F)cc3F)ncn2)c(OC)cc1N1CCN(CC2CC2)CC1. The highest BCUT2D eigenvalue weighted by Gasteiger charge is 2.32. The number of nitrogens with one attached hydrogen (secondary N) is 2. The van der Waals surface area contributed by atoms with E-state index < -0.39 is 17.7 Å². The molecule has 12 heteroatoms. The molecule has 1 amide bonds. The van der Waals surface area contributed by atoms with Gasteiger partial charge < -0.3 is 20.3 Å². The lowest BCUT2D eigenvalue weighted by Gasteiger charge is -2.37. The van der Waals surface area contributed by atoms with Gasteiger partial charge >= 0.3 is 0 Å². The largest absolute Gasteiger partial charge is 0.494 e. The number of piperazine rings is 1. The summed E-state index contributed by atoms with van der Waals surface area (Å²) in [7, 11) is 1.59. The van der Waals surface area contributed by atoms with Gasteiger partial charge in [-0.05, 0) is 37.0 Å². The number of ether oxygens (including phenoxy) is 1. The predicted molar refractivity (Wildman–Crippen MR) is 161 cm³/mol. The summed E-state index contributed by atoms with van der Waals surface area (Å²) in [5, 5.41) is 7.74. The molecule has 1 aromatic heterocycles. The minimum atomic E-state index is -0.642. The third kappa shape index (κ3) is 6.55. The number of amides is 1. The minimum absolute atomic E-state index is 0.320. The van der Waals surface area contributed by atoms with Crippen LogP contribution in [0.25, 0.3) is 0 Å².